The largest absolute Gasteiger partial charge is 0.506 e. The molecule has 1 aromatic rings. The molecule has 1 aromatic carbocycles. The number of phenols is 1. The Kier molecular flexibility index (Phi) is 3.38. The minimum Gasteiger partial charge on any atom is -0.506 e. The van der Waals surface area contributed by atoms with E-state index in [9.17, 15) is 5.11 Å². The van der Waals surface area contributed by atoms with Crippen LogP contribution in [0.4, 0.5) is 0 Å². The Morgan fingerprint density at radius 2 is 2.06 bits per heavy atom. The van der Waals surface area contributed by atoms with Gasteiger partial charge >= 0.3 is 0 Å². The van der Waals surface area contributed by atoms with E-state index < -0.39 is 6.04 Å². The molecule has 0 aliphatic heterocycles. The number of fused-ring (bicyclic) bond motifs is 1. The van der Waals surface area contributed by atoms with Crippen molar-refractivity contribution in [3.05, 3.63) is 27.8 Å². The fraction of sp³-hybridized carbons (Fsp3) is 0.500. The van der Waals surface area contributed by atoms with Gasteiger partial charge in [-0.25, -0.2) is 0 Å². The Hall–Kier alpha value is -0.770. The lowest BCUT2D eigenvalue weighted by Gasteiger charge is -2.21. The highest BCUT2D eigenvalue weighted by Crippen LogP contribution is 2.39. The summed E-state index contributed by atoms with van der Waals surface area (Å²) < 4.78 is 0. The minimum atomic E-state index is -0.565. The monoisotopic (exact) mass is 241 g/mol. The Bertz CT molecular complexity index is 406. The average Bonchev–Trinajstić information content (AvgIpc) is 2.33. The number of rotatable bonds is 2. The van der Waals surface area contributed by atoms with E-state index in [4.69, 9.17) is 22.4 Å². The van der Waals surface area contributed by atoms with Gasteiger partial charge in [0.25, 0.3) is 0 Å². The molecule has 1 aliphatic rings. The molecule has 1 unspecified atom stereocenters. The maximum atomic E-state index is 9.93. The summed E-state index contributed by atoms with van der Waals surface area (Å²) in [5.74, 6) is 0.0314. The predicted octanol–water partition coefficient (Wildman–Crippen LogP) is 1.92. The van der Waals surface area contributed by atoms with E-state index in [1.807, 2.05) is 6.07 Å². The van der Waals surface area contributed by atoms with Crippen LogP contribution in [0, 0.1) is 0 Å². The Labute approximate surface area is 99.8 Å². The molecule has 0 fully saturated rings. The van der Waals surface area contributed by atoms with Crippen LogP contribution in [0.15, 0.2) is 6.07 Å². The van der Waals surface area contributed by atoms with E-state index in [0.29, 0.717) is 10.6 Å². The van der Waals surface area contributed by atoms with Gasteiger partial charge in [0, 0.05) is 5.56 Å². The number of hydrogen-bond donors (Lipinski definition) is 3. The molecule has 0 bridgehead atoms. The maximum absolute atomic E-state index is 9.93. The number of nitrogens with two attached hydrogens (primary N) is 1. The summed E-state index contributed by atoms with van der Waals surface area (Å²) in [5.41, 5.74) is 8.48. The first-order valence-electron chi connectivity index (χ1n) is 5.54. The zero-order valence-electron chi connectivity index (χ0n) is 9.04. The molecule has 0 aromatic heterocycles. The van der Waals surface area contributed by atoms with Crippen LogP contribution >= 0.6 is 11.6 Å². The second-order valence-corrected chi connectivity index (χ2v) is 4.64. The highest BCUT2D eigenvalue weighted by Gasteiger charge is 2.21. The van der Waals surface area contributed by atoms with Gasteiger partial charge in [-0.3, -0.25) is 0 Å². The predicted molar refractivity (Wildman–Crippen MR) is 63.8 cm³/mol. The maximum Gasteiger partial charge on any atom is 0.139 e. The number of hydrogen-bond acceptors (Lipinski definition) is 3. The van der Waals surface area contributed by atoms with Crippen LogP contribution in [-0.2, 0) is 12.8 Å². The number of aromatic hydroxyl groups is 1. The topological polar surface area (TPSA) is 66.5 Å². The van der Waals surface area contributed by atoms with Gasteiger partial charge in [-0.1, -0.05) is 17.7 Å². The van der Waals surface area contributed by atoms with Crippen molar-refractivity contribution in [2.45, 2.75) is 31.7 Å². The number of phenolic OH excluding ortho intramolecular Hbond substituents is 1. The van der Waals surface area contributed by atoms with Crippen molar-refractivity contribution in [3.8, 4) is 5.75 Å². The van der Waals surface area contributed by atoms with Gasteiger partial charge < -0.3 is 15.9 Å². The van der Waals surface area contributed by atoms with Crippen LogP contribution in [0.25, 0.3) is 0 Å². The van der Waals surface area contributed by atoms with Crippen LogP contribution in [-0.4, -0.2) is 16.8 Å². The third kappa shape index (κ3) is 1.90. The number of aliphatic hydroxyl groups is 1. The third-order valence-corrected chi connectivity index (χ3v) is 3.59. The second kappa shape index (κ2) is 4.62. The van der Waals surface area contributed by atoms with Gasteiger partial charge in [-0.05, 0) is 36.8 Å². The molecule has 0 saturated carbocycles. The van der Waals surface area contributed by atoms with Crippen molar-refractivity contribution < 1.29 is 10.2 Å². The lowest BCUT2D eigenvalue weighted by molar-refractivity contribution is 0.265. The summed E-state index contributed by atoms with van der Waals surface area (Å²) in [4.78, 5) is 0. The van der Waals surface area contributed by atoms with Crippen LogP contribution < -0.4 is 5.73 Å². The smallest absolute Gasteiger partial charge is 0.139 e. The van der Waals surface area contributed by atoms with E-state index in [1.165, 1.54) is 0 Å². The zero-order valence-corrected chi connectivity index (χ0v) is 9.80. The zero-order chi connectivity index (χ0) is 11.7. The Morgan fingerprint density at radius 1 is 1.38 bits per heavy atom. The lowest BCUT2D eigenvalue weighted by atomic mass is 9.88. The number of benzene rings is 1. The summed E-state index contributed by atoms with van der Waals surface area (Å²) in [6, 6.07) is 1.32. The highest BCUT2D eigenvalue weighted by atomic mass is 35.5. The van der Waals surface area contributed by atoms with Crippen molar-refractivity contribution in [3.63, 3.8) is 0 Å². The number of halogens is 1. The summed E-state index contributed by atoms with van der Waals surface area (Å²) >= 11 is 6.13. The molecule has 3 nitrogen and oxygen atoms in total. The van der Waals surface area contributed by atoms with E-state index in [1.54, 1.807) is 0 Å². The molecule has 0 radical (unpaired) electrons. The summed E-state index contributed by atoms with van der Waals surface area (Å²) in [6.45, 7) is -0.192. The quantitative estimate of drug-likeness (QED) is 0.741. The van der Waals surface area contributed by atoms with Crippen LogP contribution in [0.3, 0.4) is 0 Å². The summed E-state index contributed by atoms with van der Waals surface area (Å²) in [6.07, 6.45) is 4.14. The van der Waals surface area contributed by atoms with Crippen molar-refractivity contribution in [2.75, 3.05) is 6.61 Å². The van der Waals surface area contributed by atoms with Gasteiger partial charge in [0.15, 0.2) is 0 Å². The van der Waals surface area contributed by atoms with Gasteiger partial charge in [-0.2, -0.15) is 0 Å². The van der Waals surface area contributed by atoms with E-state index in [2.05, 4.69) is 0 Å². The summed E-state index contributed by atoms with van der Waals surface area (Å²) in [5, 5.41) is 19.4. The third-order valence-electron chi connectivity index (χ3n) is 3.18. The second-order valence-electron chi connectivity index (χ2n) is 4.26. The van der Waals surface area contributed by atoms with Crippen molar-refractivity contribution in [1.82, 2.24) is 0 Å². The first-order chi connectivity index (χ1) is 7.65. The minimum absolute atomic E-state index is 0.0314. The van der Waals surface area contributed by atoms with Gasteiger partial charge in [0.1, 0.15) is 5.75 Å². The molecular formula is C12H16ClNO2. The highest BCUT2D eigenvalue weighted by molar-refractivity contribution is 6.33. The van der Waals surface area contributed by atoms with E-state index >= 15 is 0 Å². The first kappa shape index (κ1) is 11.7. The van der Waals surface area contributed by atoms with Crippen LogP contribution in [0.5, 0.6) is 5.75 Å². The fourth-order valence-corrected chi connectivity index (χ4v) is 2.57. The molecular weight excluding hydrogens is 226 g/mol. The molecule has 1 atom stereocenters. The number of aryl methyl sites for hydroxylation is 1. The standard InChI is InChI=1S/C12H16ClNO2/c13-11-8-4-2-1-3-7(8)5-9(12(11)16)10(14)6-15/h5,10,15-16H,1-4,6,14H2. The Morgan fingerprint density at radius 3 is 2.75 bits per heavy atom. The SMILES string of the molecule is NC(CO)c1cc2c(c(Cl)c1O)CCCC2. The Balaban J connectivity index is 2.52. The van der Waals surface area contributed by atoms with Crippen molar-refractivity contribution in [2.24, 2.45) is 5.73 Å². The summed E-state index contributed by atoms with van der Waals surface area (Å²) in [7, 11) is 0. The van der Waals surface area contributed by atoms with Crippen LogP contribution in [0.1, 0.15) is 35.6 Å². The average molecular weight is 242 g/mol. The molecule has 4 heteroatoms. The molecule has 0 amide bonds. The first-order valence-corrected chi connectivity index (χ1v) is 5.92. The molecule has 2 rings (SSSR count). The van der Waals surface area contributed by atoms with Crippen molar-refractivity contribution >= 4 is 11.6 Å². The molecule has 88 valence electrons. The van der Waals surface area contributed by atoms with Crippen LogP contribution in [0.2, 0.25) is 5.02 Å². The lowest BCUT2D eigenvalue weighted by Crippen LogP contribution is -2.16. The fourth-order valence-electron chi connectivity index (χ4n) is 2.25. The molecule has 0 spiro atoms. The molecule has 0 saturated heterocycles. The molecule has 0 heterocycles. The molecule has 16 heavy (non-hydrogen) atoms. The molecule has 4 N–H and O–H groups in total. The van der Waals surface area contributed by atoms with Gasteiger partial charge in [-0.15, -0.1) is 0 Å². The molecule has 1 aliphatic carbocycles. The van der Waals surface area contributed by atoms with Gasteiger partial charge in [0.05, 0.1) is 17.7 Å². The van der Waals surface area contributed by atoms with E-state index in [-0.39, 0.29) is 12.4 Å². The normalized spacial score (nSPS) is 16.9. The van der Waals surface area contributed by atoms with Gasteiger partial charge in [0.2, 0.25) is 0 Å². The van der Waals surface area contributed by atoms with Crippen molar-refractivity contribution in [1.29, 1.82) is 0 Å². The number of aliphatic hydroxyl groups excluding tert-OH is 1. The van der Waals surface area contributed by atoms with E-state index in [0.717, 1.165) is 36.8 Å².